The number of carbonyl (C=O) groups is 3. The lowest BCUT2D eigenvalue weighted by molar-refractivity contribution is -0.119. The molecule has 9 heteroatoms. The van der Waals surface area contributed by atoms with E-state index >= 15 is 0 Å². The minimum atomic E-state index is -0.705. The number of nitrogens with one attached hydrogen (secondary N) is 2. The number of hydrogen-bond acceptors (Lipinski definition) is 7. The molecule has 0 spiro atoms. The van der Waals surface area contributed by atoms with Gasteiger partial charge in [-0.3, -0.25) is 10.1 Å². The van der Waals surface area contributed by atoms with Gasteiger partial charge in [0.15, 0.2) is 18.1 Å². The molecule has 158 valence electrons. The van der Waals surface area contributed by atoms with Crippen LogP contribution in [0.15, 0.2) is 42.5 Å². The molecule has 0 unspecified atom stereocenters. The molecular weight excluding hydrogens is 392 g/mol. The Balaban J connectivity index is 1.52. The van der Waals surface area contributed by atoms with E-state index in [9.17, 15) is 14.4 Å². The number of benzene rings is 2. The topological polar surface area (TPSA) is 112 Å². The van der Waals surface area contributed by atoms with E-state index in [1.165, 1.54) is 12.1 Å². The predicted octanol–water partition coefficient (Wildman–Crippen LogP) is 3.56. The molecule has 0 saturated heterocycles. The van der Waals surface area contributed by atoms with Crippen LogP contribution in [0.3, 0.4) is 0 Å². The van der Waals surface area contributed by atoms with Gasteiger partial charge in [-0.15, -0.1) is 0 Å². The van der Waals surface area contributed by atoms with Crippen molar-refractivity contribution in [1.29, 1.82) is 0 Å². The minimum Gasteiger partial charge on any atom is -0.454 e. The van der Waals surface area contributed by atoms with Crippen molar-refractivity contribution < 1.29 is 33.3 Å². The zero-order chi connectivity index (χ0) is 21.7. The van der Waals surface area contributed by atoms with Crippen molar-refractivity contribution in [2.75, 3.05) is 24.0 Å². The maximum absolute atomic E-state index is 12.2. The zero-order valence-corrected chi connectivity index (χ0v) is 16.8. The molecule has 9 nitrogen and oxygen atoms in total. The summed E-state index contributed by atoms with van der Waals surface area (Å²) < 4.78 is 20.7. The summed E-state index contributed by atoms with van der Waals surface area (Å²) in [5.74, 6) is -0.0904. The third kappa shape index (κ3) is 5.87. The molecule has 0 aliphatic carbocycles. The van der Waals surface area contributed by atoms with Gasteiger partial charge in [-0.1, -0.05) is 6.07 Å². The lowest BCUT2D eigenvalue weighted by Crippen LogP contribution is -2.27. The summed E-state index contributed by atoms with van der Waals surface area (Å²) in [5.41, 5.74) is 0.387. The highest BCUT2D eigenvalue weighted by atomic mass is 16.7. The van der Waals surface area contributed by atoms with Crippen LogP contribution in [0, 0.1) is 0 Å². The van der Waals surface area contributed by atoms with Gasteiger partial charge in [0.05, 0.1) is 5.56 Å². The molecule has 30 heavy (non-hydrogen) atoms. The minimum absolute atomic E-state index is 0.131. The molecule has 2 aromatic rings. The summed E-state index contributed by atoms with van der Waals surface area (Å²) in [6.07, 6.45) is -0.642. The van der Waals surface area contributed by atoms with Gasteiger partial charge in [-0.2, -0.15) is 0 Å². The molecule has 0 aromatic heterocycles. The van der Waals surface area contributed by atoms with Gasteiger partial charge in [-0.05, 0) is 51.1 Å². The first-order chi connectivity index (χ1) is 14.2. The summed E-state index contributed by atoms with van der Waals surface area (Å²) >= 11 is 0. The van der Waals surface area contributed by atoms with Gasteiger partial charge in [0.25, 0.3) is 5.91 Å². The van der Waals surface area contributed by atoms with Crippen molar-refractivity contribution in [3.05, 3.63) is 48.0 Å². The van der Waals surface area contributed by atoms with Crippen LogP contribution in [-0.4, -0.2) is 37.0 Å². The molecular formula is C21H22N2O7. The van der Waals surface area contributed by atoms with Crippen molar-refractivity contribution in [2.45, 2.75) is 26.4 Å². The Kier molecular flexibility index (Phi) is 6.10. The third-order valence-electron chi connectivity index (χ3n) is 3.73. The maximum atomic E-state index is 12.2. The quantitative estimate of drug-likeness (QED) is 0.720. The number of carbonyl (C=O) groups excluding carboxylic acids is 3. The number of rotatable bonds is 5. The van der Waals surface area contributed by atoms with Crippen molar-refractivity contribution in [3.8, 4) is 11.5 Å². The summed E-state index contributed by atoms with van der Waals surface area (Å²) in [6.45, 7) is 4.89. The van der Waals surface area contributed by atoms with E-state index in [4.69, 9.17) is 18.9 Å². The lowest BCUT2D eigenvalue weighted by atomic mass is 10.2. The summed E-state index contributed by atoms with van der Waals surface area (Å²) in [4.78, 5) is 36.1. The number of fused-ring (bicyclic) bond motifs is 1. The normalized spacial score (nSPS) is 12.1. The molecule has 0 bridgehead atoms. The second kappa shape index (κ2) is 8.73. The average molecular weight is 414 g/mol. The summed E-state index contributed by atoms with van der Waals surface area (Å²) in [6, 6.07) is 11.1. The van der Waals surface area contributed by atoms with E-state index in [0.29, 0.717) is 22.9 Å². The Labute approximate surface area is 173 Å². The fraction of sp³-hybridized carbons (Fsp3) is 0.286. The first kappa shape index (κ1) is 21.0. The number of hydrogen-bond donors (Lipinski definition) is 2. The SMILES string of the molecule is CC(C)(C)OC(=O)Nc1cccc(C(=O)OCC(=O)Nc2ccc3c(c2)OCO3)c1. The molecule has 0 atom stereocenters. The van der Waals surface area contributed by atoms with Gasteiger partial charge < -0.3 is 24.3 Å². The van der Waals surface area contributed by atoms with Gasteiger partial charge in [0.2, 0.25) is 6.79 Å². The van der Waals surface area contributed by atoms with Crippen LogP contribution in [0.25, 0.3) is 0 Å². The molecule has 2 aromatic carbocycles. The van der Waals surface area contributed by atoms with E-state index in [-0.39, 0.29) is 12.4 Å². The fourth-order valence-corrected chi connectivity index (χ4v) is 2.53. The van der Waals surface area contributed by atoms with Crippen LogP contribution >= 0.6 is 0 Å². The van der Waals surface area contributed by atoms with E-state index in [2.05, 4.69) is 10.6 Å². The molecule has 0 saturated carbocycles. The molecule has 1 aliphatic rings. The van der Waals surface area contributed by atoms with Crippen LogP contribution in [0.2, 0.25) is 0 Å². The highest BCUT2D eigenvalue weighted by molar-refractivity contribution is 5.96. The van der Waals surface area contributed by atoms with Crippen LogP contribution < -0.4 is 20.1 Å². The first-order valence-corrected chi connectivity index (χ1v) is 9.16. The van der Waals surface area contributed by atoms with E-state index < -0.39 is 30.2 Å². The number of anilines is 2. The van der Waals surface area contributed by atoms with Crippen LogP contribution in [0.1, 0.15) is 31.1 Å². The van der Waals surface area contributed by atoms with Crippen LogP contribution in [-0.2, 0) is 14.3 Å². The molecule has 0 radical (unpaired) electrons. The Morgan fingerprint density at radius 1 is 0.967 bits per heavy atom. The highest BCUT2D eigenvalue weighted by Crippen LogP contribution is 2.34. The largest absolute Gasteiger partial charge is 0.454 e. The average Bonchev–Trinajstić information content (AvgIpc) is 3.12. The summed E-state index contributed by atoms with van der Waals surface area (Å²) in [7, 11) is 0. The molecule has 2 N–H and O–H groups in total. The fourth-order valence-electron chi connectivity index (χ4n) is 2.53. The van der Waals surface area contributed by atoms with Gasteiger partial charge in [0, 0.05) is 17.4 Å². The van der Waals surface area contributed by atoms with E-state index in [1.54, 1.807) is 51.1 Å². The number of ether oxygens (including phenoxy) is 4. The monoisotopic (exact) mass is 414 g/mol. The van der Waals surface area contributed by atoms with Gasteiger partial charge in [0.1, 0.15) is 5.60 Å². The standard InChI is InChI=1S/C21H22N2O7/c1-21(2,3)30-20(26)23-14-6-4-5-13(9-14)19(25)27-11-18(24)22-15-7-8-16-17(10-15)29-12-28-16/h4-10H,11-12H2,1-3H3,(H,22,24)(H,23,26). The number of esters is 1. The Hall–Kier alpha value is -3.75. The van der Waals surface area contributed by atoms with E-state index in [0.717, 1.165) is 0 Å². The van der Waals surface area contributed by atoms with Gasteiger partial charge >= 0.3 is 12.1 Å². The predicted molar refractivity (Wildman–Crippen MR) is 108 cm³/mol. The summed E-state index contributed by atoms with van der Waals surface area (Å²) in [5, 5.41) is 5.15. The third-order valence-corrected chi connectivity index (χ3v) is 3.73. The highest BCUT2D eigenvalue weighted by Gasteiger charge is 2.18. The molecule has 0 fully saturated rings. The van der Waals surface area contributed by atoms with E-state index in [1.807, 2.05) is 0 Å². The van der Waals surface area contributed by atoms with Crippen molar-refractivity contribution in [2.24, 2.45) is 0 Å². The second-order valence-corrected chi connectivity index (χ2v) is 7.40. The van der Waals surface area contributed by atoms with Crippen LogP contribution in [0.5, 0.6) is 11.5 Å². The number of amides is 2. The molecule has 1 aliphatic heterocycles. The Morgan fingerprint density at radius 3 is 2.47 bits per heavy atom. The zero-order valence-electron chi connectivity index (χ0n) is 16.8. The lowest BCUT2D eigenvalue weighted by Gasteiger charge is -2.19. The van der Waals surface area contributed by atoms with Crippen molar-refractivity contribution in [1.82, 2.24) is 0 Å². The molecule has 3 rings (SSSR count). The van der Waals surface area contributed by atoms with Crippen molar-refractivity contribution >= 4 is 29.3 Å². The first-order valence-electron chi connectivity index (χ1n) is 9.16. The van der Waals surface area contributed by atoms with Crippen molar-refractivity contribution in [3.63, 3.8) is 0 Å². The second-order valence-electron chi connectivity index (χ2n) is 7.40. The smallest absolute Gasteiger partial charge is 0.412 e. The molecule has 1 heterocycles. The Bertz CT molecular complexity index is 966. The Morgan fingerprint density at radius 2 is 1.70 bits per heavy atom. The molecule has 2 amide bonds. The maximum Gasteiger partial charge on any atom is 0.412 e. The van der Waals surface area contributed by atoms with Crippen LogP contribution in [0.4, 0.5) is 16.2 Å². The van der Waals surface area contributed by atoms with Gasteiger partial charge in [-0.25, -0.2) is 9.59 Å².